The molecular formula is C9H16N4. The summed E-state index contributed by atoms with van der Waals surface area (Å²) in [5.41, 5.74) is 1.07. The molecule has 0 aromatic carbocycles. The van der Waals surface area contributed by atoms with Gasteiger partial charge < -0.3 is 10.6 Å². The van der Waals surface area contributed by atoms with Gasteiger partial charge in [-0.25, -0.2) is 9.97 Å². The number of aromatic nitrogens is 2. The van der Waals surface area contributed by atoms with Gasteiger partial charge in [-0.1, -0.05) is 6.92 Å². The predicted molar refractivity (Wildman–Crippen MR) is 55.1 cm³/mol. The van der Waals surface area contributed by atoms with E-state index in [-0.39, 0.29) is 0 Å². The van der Waals surface area contributed by atoms with E-state index in [9.17, 15) is 0 Å². The molecule has 0 aliphatic rings. The van der Waals surface area contributed by atoms with Gasteiger partial charge in [0, 0.05) is 19.2 Å². The lowest BCUT2D eigenvalue weighted by Gasteiger charge is -2.09. The standard InChI is InChI=1S/C9H16N4/c1-4-5-11-9-7(2)8(10-3)12-6-13-9/h6H,4-5H2,1-3H3,(H2,10,11,12,13). The molecule has 0 aliphatic heterocycles. The molecule has 0 spiro atoms. The Morgan fingerprint density at radius 2 is 2.00 bits per heavy atom. The van der Waals surface area contributed by atoms with Crippen molar-refractivity contribution in [2.75, 3.05) is 24.2 Å². The van der Waals surface area contributed by atoms with Crippen molar-refractivity contribution in [3.63, 3.8) is 0 Å². The average molecular weight is 180 g/mol. The highest BCUT2D eigenvalue weighted by molar-refractivity contribution is 5.55. The van der Waals surface area contributed by atoms with E-state index in [1.807, 2.05) is 14.0 Å². The second kappa shape index (κ2) is 4.64. The van der Waals surface area contributed by atoms with Crippen molar-refractivity contribution in [3.05, 3.63) is 11.9 Å². The van der Waals surface area contributed by atoms with E-state index in [0.717, 1.165) is 30.2 Å². The largest absolute Gasteiger partial charge is 0.373 e. The average Bonchev–Trinajstić information content (AvgIpc) is 2.16. The Labute approximate surface area is 78.8 Å². The summed E-state index contributed by atoms with van der Waals surface area (Å²) in [7, 11) is 1.86. The molecule has 1 heterocycles. The quantitative estimate of drug-likeness (QED) is 0.739. The molecule has 2 N–H and O–H groups in total. The fourth-order valence-electron chi connectivity index (χ4n) is 1.12. The van der Waals surface area contributed by atoms with Crippen molar-refractivity contribution in [2.45, 2.75) is 20.3 Å². The maximum Gasteiger partial charge on any atom is 0.134 e. The Hall–Kier alpha value is -1.32. The van der Waals surface area contributed by atoms with Crippen molar-refractivity contribution in [1.29, 1.82) is 0 Å². The molecular weight excluding hydrogens is 164 g/mol. The van der Waals surface area contributed by atoms with Gasteiger partial charge in [-0.3, -0.25) is 0 Å². The molecule has 0 saturated heterocycles. The first-order chi connectivity index (χ1) is 6.29. The molecule has 4 heteroatoms. The molecule has 0 aliphatic carbocycles. The van der Waals surface area contributed by atoms with Gasteiger partial charge in [0.05, 0.1) is 0 Å². The normalized spacial score (nSPS) is 9.77. The predicted octanol–water partition coefficient (Wildman–Crippen LogP) is 1.65. The Bertz CT molecular complexity index is 272. The summed E-state index contributed by atoms with van der Waals surface area (Å²) in [5, 5.41) is 6.27. The number of rotatable bonds is 4. The zero-order valence-electron chi connectivity index (χ0n) is 8.39. The summed E-state index contributed by atoms with van der Waals surface area (Å²) >= 11 is 0. The third-order valence-electron chi connectivity index (χ3n) is 1.86. The van der Waals surface area contributed by atoms with E-state index >= 15 is 0 Å². The first-order valence-electron chi connectivity index (χ1n) is 4.52. The van der Waals surface area contributed by atoms with Crippen molar-refractivity contribution in [1.82, 2.24) is 9.97 Å². The van der Waals surface area contributed by atoms with Crippen LogP contribution in [0.3, 0.4) is 0 Å². The summed E-state index contributed by atoms with van der Waals surface area (Å²) in [5.74, 6) is 1.80. The number of hydrogen-bond donors (Lipinski definition) is 2. The molecule has 0 saturated carbocycles. The molecule has 0 radical (unpaired) electrons. The molecule has 13 heavy (non-hydrogen) atoms. The van der Waals surface area contributed by atoms with Gasteiger partial charge in [0.15, 0.2) is 0 Å². The first kappa shape index (κ1) is 9.77. The van der Waals surface area contributed by atoms with Crippen LogP contribution in [0.4, 0.5) is 11.6 Å². The van der Waals surface area contributed by atoms with Crippen molar-refractivity contribution < 1.29 is 0 Å². The van der Waals surface area contributed by atoms with Gasteiger partial charge in [0.2, 0.25) is 0 Å². The zero-order valence-corrected chi connectivity index (χ0v) is 8.39. The second-order valence-corrected chi connectivity index (χ2v) is 2.87. The van der Waals surface area contributed by atoms with Crippen LogP contribution in [-0.4, -0.2) is 23.6 Å². The van der Waals surface area contributed by atoms with Crippen LogP contribution < -0.4 is 10.6 Å². The summed E-state index contributed by atoms with van der Waals surface area (Å²) < 4.78 is 0. The number of hydrogen-bond acceptors (Lipinski definition) is 4. The van der Waals surface area contributed by atoms with Crippen LogP contribution in [0.1, 0.15) is 18.9 Å². The van der Waals surface area contributed by atoms with Crippen LogP contribution in [0, 0.1) is 6.92 Å². The number of nitrogens with one attached hydrogen (secondary N) is 2. The summed E-state index contributed by atoms with van der Waals surface area (Å²) in [6.07, 6.45) is 2.66. The van der Waals surface area contributed by atoms with Crippen LogP contribution >= 0.6 is 0 Å². The lowest BCUT2D eigenvalue weighted by molar-refractivity contribution is 0.959. The fourth-order valence-corrected chi connectivity index (χ4v) is 1.12. The van der Waals surface area contributed by atoms with Gasteiger partial charge >= 0.3 is 0 Å². The highest BCUT2D eigenvalue weighted by atomic mass is 15.1. The van der Waals surface area contributed by atoms with Crippen LogP contribution in [0.15, 0.2) is 6.33 Å². The van der Waals surface area contributed by atoms with Gasteiger partial charge in [-0.15, -0.1) is 0 Å². The third kappa shape index (κ3) is 2.31. The van der Waals surface area contributed by atoms with E-state index in [4.69, 9.17) is 0 Å². The maximum atomic E-state index is 4.16. The maximum absolute atomic E-state index is 4.16. The van der Waals surface area contributed by atoms with E-state index in [1.54, 1.807) is 6.33 Å². The van der Waals surface area contributed by atoms with Gasteiger partial charge in [-0.05, 0) is 13.3 Å². The topological polar surface area (TPSA) is 49.8 Å². The van der Waals surface area contributed by atoms with Crippen molar-refractivity contribution in [2.24, 2.45) is 0 Å². The van der Waals surface area contributed by atoms with Gasteiger partial charge in [0.25, 0.3) is 0 Å². The monoisotopic (exact) mass is 180 g/mol. The van der Waals surface area contributed by atoms with Crippen LogP contribution in [0.5, 0.6) is 0 Å². The van der Waals surface area contributed by atoms with E-state index in [0.29, 0.717) is 0 Å². The molecule has 0 bridgehead atoms. The first-order valence-corrected chi connectivity index (χ1v) is 4.52. The molecule has 0 fully saturated rings. The number of nitrogens with zero attached hydrogens (tertiary/aromatic N) is 2. The molecule has 72 valence electrons. The molecule has 1 rings (SSSR count). The summed E-state index contributed by atoms with van der Waals surface area (Å²) in [6, 6.07) is 0. The van der Waals surface area contributed by atoms with Crippen LogP contribution in [-0.2, 0) is 0 Å². The molecule has 4 nitrogen and oxygen atoms in total. The van der Waals surface area contributed by atoms with Gasteiger partial charge in [-0.2, -0.15) is 0 Å². The Morgan fingerprint density at radius 1 is 1.31 bits per heavy atom. The lowest BCUT2D eigenvalue weighted by Crippen LogP contribution is -2.06. The second-order valence-electron chi connectivity index (χ2n) is 2.87. The highest BCUT2D eigenvalue weighted by Crippen LogP contribution is 2.16. The minimum absolute atomic E-state index is 0.883. The van der Waals surface area contributed by atoms with E-state index in [2.05, 4.69) is 27.5 Å². The molecule has 1 aromatic rings. The third-order valence-corrected chi connectivity index (χ3v) is 1.86. The lowest BCUT2D eigenvalue weighted by atomic mass is 10.3. The summed E-state index contributed by atoms with van der Waals surface area (Å²) in [6.45, 7) is 5.08. The van der Waals surface area contributed by atoms with E-state index < -0.39 is 0 Å². The Kier molecular flexibility index (Phi) is 3.49. The minimum atomic E-state index is 0.883. The highest BCUT2D eigenvalue weighted by Gasteiger charge is 2.03. The van der Waals surface area contributed by atoms with Gasteiger partial charge in [0.1, 0.15) is 18.0 Å². The van der Waals surface area contributed by atoms with Crippen LogP contribution in [0.25, 0.3) is 0 Å². The fraction of sp³-hybridized carbons (Fsp3) is 0.556. The van der Waals surface area contributed by atoms with Crippen molar-refractivity contribution >= 4 is 11.6 Å². The molecule has 0 amide bonds. The van der Waals surface area contributed by atoms with Crippen LogP contribution in [0.2, 0.25) is 0 Å². The smallest absolute Gasteiger partial charge is 0.134 e. The molecule has 0 unspecified atom stereocenters. The molecule has 1 aromatic heterocycles. The molecule has 0 atom stereocenters. The minimum Gasteiger partial charge on any atom is -0.373 e. The van der Waals surface area contributed by atoms with E-state index in [1.165, 1.54) is 0 Å². The Balaban J connectivity index is 2.81. The Morgan fingerprint density at radius 3 is 2.62 bits per heavy atom. The zero-order chi connectivity index (χ0) is 9.68. The van der Waals surface area contributed by atoms with Crippen molar-refractivity contribution in [3.8, 4) is 0 Å². The SMILES string of the molecule is CCCNc1ncnc(NC)c1C. The number of anilines is 2. The summed E-state index contributed by atoms with van der Waals surface area (Å²) in [4.78, 5) is 8.27.